The van der Waals surface area contributed by atoms with Crippen molar-refractivity contribution in [2.45, 2.75) is 38.1 Å². The van der Waals surface area contributed by atoms with E-state index >= 15 is 0 Å². The van der Waals surface area contributed by atoms with Crippen LogP contribution in [0.4, 0.5) is 0 Å². The lowest BCUT2D eigenvalue weighted by Gasteiger charge is -2.33. The quantitative estimate of drug-likeness (QED) is 0.773. The van der Waals surface area contributed by atoms with Crippen molar-refractivity contribution in [3.8, 4) is 0 Å². The average molecular weight is 326 g/mol. The number of hydrogen-bond acceptors (Lipinski definition) is 2. The molecule has 0 saturated carbocycles. The zero-order chi connectivity index (χ0) is 14.8. The maximum Gasteiger partial charge on any atom is 0.125 e. The van der Waals surface area contributed by atoms with Crippen molar-refractivity contribution in [3.05, 3.63) is 29.0 Å². The largest absolute Gasteiger partial charge is 0.324 e. The Morgan fingerprint density at radius 2 is 2.05 bits per heavy atom. The molecule has 0 N–H and O–H groups in total. The molecular formula is C16H21Cl2N3. The number of likely N-dealkylation sites (tertiary alicyclic amines) is 1. The fraction of sp³-hybridized carbons (Fsp3) is 0.562. The van der Waals surface area contributed by atoms with Crippen LogP contribution in [-0.4, -0.2) is 34.1 Å². The normalized spacial score (nSPS) is 17.7. The van der Waals surface area contributed by atoms with Gasteiger partial charge in [-0.1, -0.05) is 18.5 Å². The topological polar surface area (TPSA) is 21.1 Å². The Morgan fingerprint density at radius 1 is 1.29 bits per heavy atom. The smallest absolute Gasteiger partial charge is 0.125 e. The summed E-state index contributed by atoms with van der Waals surface area (Å²) in [6, 6.07) is 6.37. The van der Waals surface area contributed by atoms with Crippen molar-refractivity contribution in [3.63, 3.8) is 0 Å². The number of alkyl halides is 1. The monoisotopic (exact) mass is 325 g/mol. The zero-order valence-electron chi connectivity index (χ0n) is 12.4. The predicted octanol–water partition coefficient (Wildman–Crippen LogP) is 4.48. The van der Waals surface area contributed by atoms with E-state index in [9.17, 15) is 0 Å². The van der Waals surface area contributed by atoms with Gasteiger partial charge in [-0.25, -0.2) is 4.98 Å². The fourth-order valence-corrected chi connectivity index (χ4v) is 3.69. The number of hydrogen-bond donors (Lipinski definition) is 0. The van der Waals surface area contributed by atoms with Gasteiger partial charge in [0.25, 0.3) is 0 Å². The first-order chi connectivity index (χ1) is 10.2. The molecule has 1 aliphatic heterocycles. The third-order valence-corrected chi connectivity index (χ3v) is 4.78. The molecule has 21 heavy (non-hydrogen) atoms. The van der Waals surface area contributed by atoms with Crippen molar-refractivity contribution in [1.82, 2.24) is 14.5 Å². The molecule has 0 bridgehead atoms. The summed E-state index contributed by atoms with van der Waals surface area (Å²) in [5, 5.41) is 0.758. The van der Waals surface area contributed by atoms with Crippen LogP contribution in [0.3, 0.4) is 0 Å². The zero-order valence-corrected chi connectivity index (χ0v) is 13.9. The number of nitrogens with zero attached hydrogens (tertiary/aromatic N) is 3. The van der Waals surface area contributed by atoms with E-state index in [2.05, 4.69) is 21.4 Å². The Kier molecular flexibility index (Phi) is 4.72. The molecule has 0 aliphatic carbocycles. The molecule has 3 rings (SSSR count). The van der Waals surface area contributed by atoms with Crippen LogP contribution >= 0.6 is 23.2 Å². The van der Waals surface area contributed by atoms with Gasteiger partial charge in [-0.3, -0.25) is 0 Å². The van der Waals surface area contributed by atoms with Crippen LogP contribution in [0.1, 0.15) is 38.1 Å². The van der Waals surface area contributed by atoms with E-state index in [0.717, 1.165) is 47.8 Å². The minimum atomic E-state index is 0.446. The minimum absolute atomic E-state index is 0.446. The van der Waals surface area contributed by atoms with E-state index in [-0.39, 0.29) is 0 Å². The van der Waals surface area contributed by atoms with Crippen LogP contribution < -0.4 is 0 Å². The van der Waals surface area contributed by atoms with Gasteiger partial charge in [0.15, 0.2) is 0 Å². The van der Waals surface area contributed by atoms with Crippen LogP contribution in [0.25, 0.3) is 11.0 Å². The molecule has 1 aromatic carbocycles. The van der Waals surface area contributed by atoms with Gasteiger partial charge >= 0.3 is 0 Å². The lowest BCUT2D eigenvalue weighted by atomic mass is 10.0. The molecule has 2 heterocycles. The van der Waals surface area contributed by atoms with Gasteiger partial charge in [0.1, 0.15) is 5.82 Å². The second-order valence-corrected chi connectivity index (χ2v) is 6.44. The van der Waals surface area contributed by atoms with Gasteiger partial charge in [0.2, 0.25) is 0 Å². The summed E-state index contributed by atoms with van der Waals surface area (Å²) in [5.74, 6) is 1.41. The molecular weight excluding hydrogens is 305 g/mol. The van der Waals surface area contributed by atoms with Crippen molar-refractivity contribution >= 4 is 34.2 Å². The van der Waals surface area contributed by atoms with Crippen LogP contribution in [0, 0.1) is 0 Å². The molecule has 1 aliphatic rings. The van der Waals surface area contributed by atoms with Gasteiger partial charge in [0.05, 0.1) is 16.9 Å². The third kappa shape index (κ3) is 3.05. The summed E-state index contributed by atoms with van der Waals surface area (Å²) >= 11 is 12.3. The van der Waals surface area contributed by atoms with Crippen molar-refractivity contribution < 1.29 is 0 Å². The molecule has 0 atom stereocenters. The SMILES string of the molecule is CCCN1CCC(n2c(CCl)nc3ccc(Cl)cc32)CC1. The van der Waals surface area contributed by atoms with E-state index in [1.54, 1.807) is 0 Å². The molecule has 1 fully saturated rings. The number of aromatic nitrogens is 2. The van der Waals surface area contributed by atoms with E-state index in [1.807, 2.05) is 18.2 Å². The van der Waals surface area contributed by atoms with E-state index < -0.39 is 0 Å². The molecule has 1 saturated heterocycles. The molecule has 2 aromatic rings. The molecule has 1 aromatic heterocycles. The molecule has 0 unspecified atom stereocenters. The lowest BCUT2D eigenvalue weighted by Crippen LogP contribution is -2.35. The highest BCUT2D eigenvalue weighted by Gasteiger charge is 2.23. The highest BCUT2D eigenvalue weighted by atomic mass is 35.5. The van der Waals surface area contributed by atoms with E-state index in [0.29, 0.717) is 11.9 Å². The second-order valence-electron chi connectivity index (χ2n) is 5.74. The number of benzene rings is 1. The fourth-order valence-electron chi connectivity index (χ4n) is 3.34. The van der Waals surface area contributed by atoms with Gasteiger partial charge in [-0.2, -0.15) is 0 Å². The van der Waals surface area contributed by atoms with Crippen molar-refractivity contribution in [2.75, 3.05) is 19.6 Å². The Balaban J connectivity index is 1.91. The summed E-state index contributed by atoms with van der Waals surface area (Å²) in [5.41, 5.74) is 2.11. The van der Waals surface area contributed by atoms with Crippen molar-refractivity contribution in [1.29, 1.82) is 0 Å². The summed E-state index contributed by atoms with van der Waals surface area (Å²) in [6.45, 7) is 5.75. The van der Waals surface area contributed by atoms with Crippen LogP contribution in [-0.2, 0) is 5.88 Å². The second kappa shape index (κ2) is 6.55. The Hall–Kier alpha value is -0.770. The highest BCUT2D eigenvalue weighted by molar-refractivity contribution is 6.31. The van der Waals surface area contributed by atoms with Gasteiger partial charge in [0, 0.05) is 24.2 Å². The summed E-state index contributed by atoms with van der Waals surface area (Å²) in [7, 11) is 0. The predicted molar refractivity (Wildman–Crippen MR) is 89.3 cm³/mol. The molecule has 5 heteroatoms. The van der Waals surface area contributed by atoms with Gasteiger partial charge < -0.3 is 9.47 Å². The first-order valence-corrected chi connectivity index (χ1v) is 8.59. The minimum Gasteiger partial charge on any atom is -0.324 e. The van der Waals surface area contributed by atoms with Crippen LogP contribution in [0.5, 0.6) is 0 Å². The first kappa shape index (κ1) is 15.1. The Labute approximate surface area is 135 Å². The molecule has 0 spiro atoms. The number of fused-ring (bicyclic) bond motifs is 1. The number of rotatable bonds is 4. The van der Waals surface area contributed by atoms with E-state index in [4.69, 9.17) is 23.2 Å². The average Bonchev–Trinajstić information content (AvgIpc) is 2.86. The van der Waals surface area contributed by atoms with Gasteiger partial charge in [-0.05, 0) is 44.0 Å². The number of imidazole rings is 1. The van der Waals surface area contributed by atoms with Gasteiger partial charge in [-0.15, -0.1) is 11.6 Å². The first-order valence-electron chi connectivity index (χ1n) is 7.67. The van der Waals surface area contributed by atoms with E-state index in [1.165, 1.54) is 13.0 Å². The molecule has 114 valence electrons. The number of piperidine rings is 1. The summed E-state index contributed by atoms with van der Waals surface area (Å²) < 4.78 is 2.32. The van der Waals surface area contributed by atoms with Crippen LogP contribution in [0.2, 0.25) is 5.02 Å². The lowest BCUT2D eigenvalue weighted by molar-refractivity contribution is 0.187. The molecule has 0 amide bonds. The maximum atomic E-state index is 6.16. The Morgan fingerprint density at radius 3 is 2.71 bits per heavy atom. The molecule has 3 nitrogen and oxygen atoms in total. The highest BCUT2D eigenvalue weighted by Crippen LogP contribution is 2.30. The van der Waals surface area contributed by atoms with Crippen LogP contribution in [0.15, 0.2) is 18.2 Å². The standard InChI is InChI=1S/C16H21Cl2N3/c1-2-7-20-8-5-13(6-9-20)21-15-10-12(18)3-4-14(15)19-16(21)11-17/h3-4,10,13H,2,5-9,11H2,1H3. The Bertz CT molecular complexity index is 615. The summed E-state index contributed by atoms with van der Waals surface area (Å²) in [6.07, 6.45) is 3.53. The third-order valence-electron chi connectivity index (χ3n) is 4.31. The summed E-state index contributed by atoms with van der Waals surface area (Å²) in [4.78, 5) is 7.21. The van der Waals surface area contributed by atoms with Crippen molar-refractivity contribution in [2.24, 2.45) is 0 Å². The maximum absolute atomic E-state index is 6.16. The number of halogens is 2. The molecule has 0 radical (unpaired) electrons.